The van der Waals surface area contributed by atoms with Crippen LogP contribution >= 0.6 is 11.3 Å². The first-order valence-electron chi connectivity index (χ1n) is 10.4. The predicted molar refractivity (Wildman–Crippen MR) is 129 cm³/mol. The van der Waals surface area contributed by atoms with Crippen LogP contribution in [0.1, 0.15) is 26.6 Å². The minimum atomic E-state index is -0.435. The number of nitrogens with zero attached hydrogens (tertiary/aromatic N) is 4. The molecule has 7 nitrogen and oxygen atoms in total. The number of anilines is 1. The lowest BCUT2D eigenvalue weighted by Gasteiger charge is -2.10. The summed E-state index contributed by atoms with van der Waals surface area (Å²) in [5.74, 6) is -0.435. The number of fused-ring (bicyclic) bond motifs is 1. The fourth-order valence-electron chi connectivity index (χ4n) is 3.57. The molecule has 2 heterocycles. The highest BCUT2D eigenvalue weighted by molar-refractivity contribution is 7.15. The summed E-state index contributed by atoms with van der Waals surface area (Å²) in [5, 5.41) is 17.6. The van der Waals surface area contributed by atoms with Crippen molar-refractivity contribution in [3.05, 3.63) is 117 Å². The number of carbonyl (C=O) groups excluding carboxylic acids is 1. The van der Waals surface area contributed by atoms with Crippen LogP contribution in [0.25, 0.3) is 10.8 Å². The van der Waals surface area contributed by atoms with Crippen LogP contribution in [0.15, 0.2) is 89.7 Å². The summed E-state index contributed by atoms with van der Waals surface area (Å²) in [6, 6.07) is 26.5. The second-order valence-corrected chi connectivity index (χ2v) is 8.52. The number of nitrogens with one attached hydrogen (secondary N) is 1. The van der Waals surface area contributed by atoms with Gasteiger partial charge in [0, 0.05) is 11.8 Å². The molecule has 0 saturated heterocycles. The Hall–Kier alpha value is -4.17. The summed E-state index contributed by atoms with van der Waals surface area (Å²) in [5.41, 5.74) is 1.96. The Morgan fingerprint density at radius 1 is 0.818 bits per heavy atom. The topological polar surface area (TPSA) is 89.8 Å². The first-order chi connectivity index (χ1) is 16.2. The molecule has 2 aromatic heterocycles. The molecule has 3 aromatic carbocycles. The van der Waals surface area contributed by atoms with E-state index in [2.05, 4.69) is 20.6 Å². The summed E-state index contributed by atoms with van der Waals surface area (Å²) >= 11 is 1.32. The summed E-state index contributed by atoms with van der Waals surface area (Å²) in [4.78, 5) is 26.2. The number of carbonyl (C=O) groups is 1. The van der Waals surface area contributed by atoms with E-state index >= 15 is 0 Å². The van der Waals surface area contributed by atoms with Gasteiger partial charge < -0.3 is 0 Å². The maximum Gasteiger partial charge on any atom is 0.278 e. The average molecular weight is 454 g/mol. The number of hydrogen-bond donors (Lipinski definition) is 1. The van der Waals surface area contributed by atoms with Crippen LogP contribution < -0.4 is 10.9 Å². The van der Waals surface area contributed by atoms with Gasteiger partial charge in [0.1, 0.15) is 5.01 Å². The van der Waals surface area contributed by atoms with Gasteiger partial charge in [0.05, 0.1) is 11.9 Å². The van der Waals surface area contributed by atoms with Crippen LogP contribution in [0.4, 0.5) is 5.13 Å². The zero-order valence-electron chi connectivity index (χ0n) is 17.5. The molecule has 0 fully saturated rings. The first kappa shape index (κ1) is 20.7. The van der Waals surface area contributed by atoms with Gasteiger partial charge in [-0.05, 0) is 17.2 Å². The highest BCUT2D eigenvalue weighted by Crippen LogP contribution is 2.21. The van der Waals surface area contributed by atoms with Gasteiger partial charge in [-0.1, -0.05) is 90.2 Å². The van der Waals surface area contributed by atoms with E-state index < -0.39 is 5.91 Å². The maximum atomic E-state index is 13.2. The number of benzene rings is 3. The molecule has 0 unspecified atom stereocenters. The molecular weight excluding hydrogens is 434 g/mol. The molecule has 0 bridgehead atoms. The number of amides is 1. The van der Waals surface area contributed by atoms with Gasteiger partial charge in [0.25, 0.3) is 11.5 Å². The lowest BCUT2D eigenvalue weighted by atomic mass is 10.1. The van der Waals surface area contributed by atoms with Crippen LogP contribution in [0, 0.1) is 0 Å². The summed E-state index contributed by atoms with van der Waals surface area (Å²) in [6.45, 7) is 0.269. The highest BCUT2D eigenvalue weighted by atomic mass is 32.1. The Kier molecular flexibility index (Phi) is 5.73. The zero-order chi connectivity index (χ0) is 22.6. The lowest BCUT2D eigenvalue weighted by Crippen LogP contribution is -2.28. The van der Waals surface area contributed by atoms with Gasteiger partial charge in [-0.25, -0.2) is 4.68 Å². The molecule has 0 spiro atoms. The molecule has 0 saturated carbocycles. The highest BCUT2D eigenvalue weighted by Gasteiger charge is 2.18. The van der Waals surface area contributed by atoms with Gasteiger partial charge in [-0.2, -0.15) is 5.10 Å². The van der Waals surface area contributed by atoms with Crippen molar-refractivity contribution < 1.29 is 4.79 Å². The fraction of sp³-hybridized carbons (Fsp3) is 0.0800. The average Bonchev–Trinajstić information content (AvgIpc) is 3.28. The molecule has 5 aromatic rings. The number of rotatable bonds is 6. The third kappa shape index (κ3) is 4.56. The van der Waals surface area contributed by atoms with E-state index in [-0.39, 0.29) is 17.8 Å². The van der Waals surface area contributed by atoms with Crippen molar-refractivity contribution >= 4 is 33.1 Å². The monoisotopic (exact) mass is 453 g/mol. The van der Waals surface area contributed by atoms with Crippen LogP contribution in [0.2, 0.25) is 0 Å². The number of hydrogen-bond acceptors (Lipinski definition) is 6. The van der Waals surface area contributed by atoms with Gasteiger partial charge >= 0.3 is 0 Å². The van der Waals surface area contributed by atoms with Crippen molar-refractivity contribution in [2.45, 2.75) is 13.0 Å². The minimum Gasteiger partial charge on any atom is -0.295 e. The third-order valence-corrected chi connectivity index (χ3v) is 5.98. The normalized spacial score (nSPS) is 10.9. The second-order valence-electron chi connectivity index (χ2n) is 7.46. The Labute approximate surface area is 193 Å². The van der Waals surface area contributed by atoms with Crippen molar-refractivity contribution in [2.75, 3.05) is 5.32 Å². The van der Waals surface area contributed by atoms with Crippen molar-refractivity contribution in [3.63, 3.8) is 0 Å². The van der Waals surface area contributed by atoms with Crippen LogP contribution in [-0.4, -0.2) is 25.9 Å². The van der Waals surface area contributed by atoms with E-state index in [1.165, 1.54) is 16.0 Å². The van der Waals surface area contributed by atoms with Gasteiger partial charge in [0.15, 0.2) is 5.69 Å². The molecule has 0 radical (unpaired) electrons. The molecule has 5 rings (SSSR count). The van der Waals surface area contributed by atoms with Gasteiger partial charge in [-0.15, -0.1) is 10.2 Å². The third-order valence-electron chi connectivity index (χ3n) is 5.14. The molecule has 0 aliphatic heterocycles. The maximum absolute atomic E-state index is 13.2. The Balaban J connectivity index is 1.44. The quantitative estimate of drug-likeness (QED) is 0.417. The van der Waals surface area contributed by atoms with Crippen LogP contribution in [-0.2, 0) is 13.0 Å². The summed E-state index contributed by atoms with van der Waals surface area (Å²) in [6.07, 6.45) is 0.636. The van der Waals surface area contributed by atoms with E-state index in [0.717, 1.165) is 16.1 Å². The Morgan fingerprint density at radius 2 is 1.45 bits per heavy atom. The lowest BCUT2D eigenvalue weighted by molar-refractivity contribution is 0.102. The molecule has 0 aliphatic rings. The number of aromatic nitrogens is 4. The summed E-state index contributed by atoms with van der Waals surface area (Å²) in [7, 11) is 0. The SMILES string of the molecule is O=C(Nc1nnc(Cc2ccccc2)s1)c1nn(Cc2ccccc2)c(=O)c2ccccc12. The fourth-order valence-corrected chi connectivity index (χ4v) is 4.34. The second kappa shape index (κ2) is 9.13. The van der Waals surface area contributed by atoms with E-state index in [1.54, 1.807) is 24.3 Å². The molecule has 0 aliphatic carbocycles. The van der Waals surface area contributed by atoms with E-state index in [0.29, 0.717) is 22.3 Å². The predicted octanol–water partition coefficient (Wildman–Crippen LogP) is 4.14. The van der Waals surface area contributed by atoms with Gasteiger partial charge in [-0.3, -0.25) is 14.9 Å². The first-order valence-corrected chi connectivity index (χ1v) is 11.2. The minimum absolute atomic E-state index is 0.168. The van der Waals surface area contributed by atoms with E-state index in [1.807, 2.05) is 60.7 Å². The zero-order valence-corrected chi connectivity index (χ0v) is 18.3. The largest absolute Gasteiger partial charge is 0.295 e. The molecule has 1 amide bonds. The molecule has 1 N–H and O–H groups in total. The van der Waals surface area contributed by atoms with E-state index in [4.69, 9.17) is 0 Å². The van der Waals surface area contributed by atoms with Crippen molar-refractivity contribution in [2.24, 2.45) is 0 Å². The molecule has 0 atom stereocenters. The van der Waals surface area contributed by atoms with Crippen molar-refractivity contribution in [3.8, 4) is 0 Å². The molecule has 8 heteroatoms. The molecule has 162 valence electrons. The van der Waals surface area contributed by atoms with Crippen molar-refractivity contribution in [1.82, 2.24) is 20.0 Å². The standard InChI is InChI=1S/C25H19N5O2S/c31-23(26-25-28-27-21(33-25)15-17-9-3-1-4-10-17)22-19-13-7-8-14-20(19)24(32)30(29-22)16-18-11-5-2-6-12-18/h1-14H,15-16H2,(H,26,28,31). The molecule has 33 heavy (non-hydrogen) atoms. The van der Waals surface area contributed by atoms with Crippen molar-refractivity contribution in [1.29, 1.82) is 0 Å². The van der Waals surface area contributed by atoms with Crippen LogP contribution in [0.5, 0.6) is 0 Å². The Bertz CT molecular complexity index is 1480. The smallest absolute Gasteiger partial charge is 0.278 e. The molecular formula is C25H19N5O2S. The summed E-state index contributed by atoms with van der Waals surface area (Å²) < 4.78 is 1.33. The van der Waals surface area contributed by atoms with Gasteiger partial charge in [0.2, 0.25) is 5.13 Å². The Morgan fingerprint density at radius 3 is 2.18 bits per heavy atom. The van der Waals surface area contributed by atoms with E-state index in [9.17, 15) is 9.59 Å². The van der Waals surface area contributed by atoms with Crippen LogP contribution in [0.3, 0.4) is 0 Å².